The molecule has 7 nitrogen and oxygen atoms in total. The van der Waals surface area contributed by atoms with Crippen LogP contribution in [0.4, 0.5) is 5.95 Å². The Morgan fingerprint density at radius 2 is 1.78 bits per heavy atom. The summed E-state index contributed by atoms with van der Waals surface area (Å²) in [5.41, 5.74) is 3.74. The standard InChI is InChI=1S/C25H20N6O/c1-30-11-8-16-12-17(6-7-20(16)24(30)32)22-23(27-10-9-26-22)19-14-31(15-19)25-28-13-18-4-2-3-5-21(18)29-25/h2-13,19H,14-15H2,1H3. The molecule has 0 radical (unpaired) electrons. The van der Waals surface area contributed by atoms with Crippen molar-refractivity contribution in [2.24, 2.45) is 7.05 Å². The van der Waals surface area contributed by atoms with E-state index in [1.807, 2.05) is 54.7 Å². The van der Waals surface area contributed by atoms with Gasteiger partial charge in [-0.1, -0.05) is 24.3 Å². The minimum atomic E-state index is -0.00145. The van der Waals surface area contributed by atoms with E-state index in [-0.39, 0.29) is 11.5 Å². The second-order valence-electron chi connectivity index (χ2n) is 8.15. The summed E-state index contributed by atoms with van der Waals surface area (Å²) in [7, 11) is 1.76. The number of hydrogen-bond acceptors (Lipinski definition) is 6. The number of fused-ring (bicyclic) bond motifs is 2. The van der Waals surface area contributed by atoms with Gasteiger partial charge < -0.3 is 9.47 Å². The van der Waals surface area contributed by atoms with Gasteiger partial charge in [0.05, 0.1) is 16.9 Å². The first-order valence-electron chi connectivity index (χ1n) is 10.5. The predicted octanol–water partition coefficient (Wildman–Crippen LogP) is 3.54. The molecule has 32 heavy (non-hydrogen) atoms. The van der Waals surface area contributed by atoms with E-state index in [0.29, 0.717) is 5.39 Å². The summed E-state index contributed by atoms with van der Waals surface area (Å²) in [6.45, 7) is 1.58. The molecule has 1 saturated heterocycles. The van der Waals surface area contributed by atoms with E-state index in [9.17, 15) is 4.79 Å². The number of benzene rings is 2. The minimum Gasteiger partial charge on any atom is -0.339 e. The molecule has 4 heterocycles. The molecule has 0 saturated carbocycles. The molecule has 7 heteroatoms. The van der Waals surface area contributed by atoms with Crippen molar-refractivity contribution in [1.82, 2.24) is 24.5 Å². The molecule has 5 aromatic rings. The molecule has 0 bridgehead atoms. The van der Waals surface area contributed by atoms with Gasteiger partial charge in [0.15, 0.2) is 0 Å². The summed E-state index contributed by atoms with van der Waals surface area (Å²) in [5, 5.41) is 2.64. The van der Waals surface area contributed by atoms with Crippen molar-refractivity contribution in [2.75, 3.05) is 18.0 Å². The van der Waals surface area contributed by atoms with E-state index in [1.54, 1.807) is 30.2 Å². The Labute approximate surface area is 184 Å². The van der Waals surface area contributed by atoms with Gasteiger partial charge in [-0.25, -0.2) is 9.97 Å². The van der Waals surface area contributed by atoms with Crippen LogP contribution in [0.3, 0.4) is 0 Å². The Morgan fingerprint density at radius 3 is 2.69 bits per heavy atom. The topological polar surface area (TPSA) is 76.8 Å². The van der Waals surface area contributed by atoms with E-state index >= 15 is 0 Å². The molecule has 0 N–H and O–H groups in total. The van der Waals surface area contributed by atoms with Crippen LogP contribution in [0.2, 0.25) is 0 Å². The first kappa shape index (κ1) is 18.6. The van der Waals surface area contributed by atoms with Crippen LogP contribution in [0, 0.1) is 0 Å². The van der Waals surface area contributed by atoms with Gasteiger partial charge in [-0.05, 0) is 29.7 Å². The first-order valence-corrected chi connectivity index (χ1v) is 10.5. The number of aryl methyl sites for hydroxylation is 1. The number of aromatic nitrogens is 5. The quantitative estimate of drug-likeness (QED) is 0.444. The summed E-state index contributed by atoms with van der Waals surface area (Å²) < 4.78 is 1.59. The molecule has 2 aromatic carbocycles. The van der Waals surface area contributed by atoms with Crippen molar-refractivity contribution in [3.05, 3.63) is 89.4 Å². The average molecular weight is 420 g/mol. The van der Waals surface area contributed by atoms with Crippen molar-refractivity contribution in [3.8, 4) is 11.3 Å². The van der Waals surface area contributed by atoms with E-state index < -0.39 is 0 Å². The van der Waals surface area contributed by atoms with Crippen LogP contribution in [-0.2, 0) is 7.05 Å². The lowest BCUT2D eigenvalue weighted by Crippen LogP contribution is -2.46. The zero-order chi connectivity index (χ0) is 21.7. The van der Waals surface area contributed by atoms with Crippen molar-refractivity contribution in [3.63, 3.8) is 0 Å². The third-order valence-electron chi connectivity index (χ3n) is 6.11. The van der Waals surface area contributed by atoms with E-state index in [0.717, 1.165) is 52.3 Å². The smallest absolute Gasteiger partial charge is 0.258 e. The summed E-state index contributed by atoms with van der Waals surface area (Å²) in [6.07, 6.45) is 7.12. The summed E-state index contributed by atoms with van der Waals surface area (Å²) in [6, 6.07) is 15.8. The highest BCUT2D eigenvalue weighted by atomic mass is 16.1. The Bertz CT molecular complexity index is 1540. The lowest BCUT2D eigenvalue weighted by molar-refractivity contribution is 0.504. The van der Waals surface area contributed by atoms with Crippen LogP contribution in [0.1, 0.15) is 11.6 Å². The molecule has 0 aliphatic carbocycles. The van der Waals surface area contributed by atoms with Crippen LogP contribution in [0.15, 0.2) is 78.1 Å². The van der Waals surface area contributed by atoms with Gasteiger partial charge in [-0.3, -0.25) is 14.8 Å². The monoisotopic (exact) mass is 420 g/mol. The number of hydrogen-bond donors (Lipinski definition) is 0. The Morgan fingerprint density at radius 1 is 0.938 bits per heavy atom. The predicted molar refractivity (Wildman–Crippen MR) is 125 cm³/mol. The fourth-order valence-corrected chi connectivity index (χ4v) is 4.29. The zero-order valence-electron chi connectivity index (χ0n) is 17.5. The van der Waals surface area contributed by atoms with Crippen LogP contribution in [0.25, 0.3) is 32.9 Å². The molecular weight excluding hydrogens is 400 g/mol. The van der Waals surface area contributed by atoms with Gasteiger partial charge in [0.2, 0.25) is 5.95 Å². The molecule has 0 amide bonds. The Balaban J connectivity index is 1.30. The zero-order valence-corrected chi connectivity index (χ0v) is 17.5. The van der Waals surface area contributed by atoms with E-state index in [2.05, 4.69) is 19.9 Å². The number of anilines is 1. The summed E-state index contributed by atoms with van der Waals surface area (Å²) >= 11 is 0. The highest BCUT2D eigenvalue weighted by Gasteiger charge is 2.33. The number of rotatable bonds is 3. The molecule has 1 aliphatic heterocycles. The van der Waals surface area contributed by atoms with Crippen molar-refractivity contribution < 1.29 is 0 Å². The fraction of sp³-hybridized carbons (Fsp3) is 0.160. The minimum absolute atomic E-state index is 0.00145. The molecule has 6 rings (SSSR count). The van der Waals surface area contributed by atoms with Gasteiger partial charge >= 0.3 is 0 Å². The van der Waals surface area contributed by atoms with E-state index in [1.165, 1.54) is 0 Å². The maximum Gasteiger partial charge on any atom is 0.258 e. The fourth-order valence-electron chi connectivity index (χ4n) is 4.29. The molecule has 156 valence electrons. The maximum atomic E-state index is 12.4. The van der Waals surface area contributed by atoms with E-state index in [4.69, 9.17) is 4.98 Å². The van der Waals surface area contributed by atoms with Crippen LogP contribution in [-0.4, -0.2) is 37.6 Å². The highest BCUT2D eigenvalue weighted by molar-refractivity contribution is 5.86. The van der Waals surface area contributed by atoms with Crippen LogP contribution >= 0.6 is 0 Å². The SMILES string of the molecule is Cn1ccc2cc(-c3nccnc3C3CN(c4ncc5ccccc5n4)C3)ccc2c1=O. The van der Waals surface area contributed by atoms with Crippen LogP contribution in [0.5, 0.6) is 0 Å². The largest absolute Gasteiger partial charge is 0.339 e. The number of para-hydroxylation sites is 1. The first-order chi connectivity index (χ1) is 15.7. The summed E-state index contributed by atoms with van der Waals surface area (Å²) in [4.78, 5) is 33.1. The molecule has 1 aliphatic rings. The lowest BCUT2D eigenvalue weighted by Gasteiger charge is -2.39. The van der Waals surface area contributed by atoms with Crippen molar-refractivity contribution in [2.45, 2.75) is 5.92 Å². The Hall–Kier alpha value is -4.13. The van der Waals surface area contributed by atoms with Crippen molar-refractivity contribution >= 4 is 27.6 Å². The molecular formula is C25H20N6O. The van der Waals surface area contributed by atoms with Crippen molar-refractivity contribution in [1.29, 1.82) is 0 Å². The second-order valence-corrected chi connectivity index (χ2v) is 8.15. The molecule has 3 aromatic heterocycles. The molecule has 0 spiro atoms. The van der Waals surface area contributed by atoms with Crippen LogP contribution < -0.4 is 10.5 Å². The molecule has 1 fully saturated rings. The summed E-state index contributed by atoms with van der Waals surface area (Å²) in [5.74, 6) is 0.986. The van der Waals surface area contributed by atoms with Gasteiger partial charge in [-0.2, -0.15) is 0 Å². The average Bonchev–Trinajstić information content (AvgIpc) is 2.81. The van der Waals surface area contributed by atoms with Gasteiger partial charge in [-0.15, -0.1) is 0 Å². The molecule has 0 unspecified atom stereocenters. The van der Waals surface area contributed by atoms with Gasteiger partial charge in [0, 0.05) is 67.2 Å². The Kier molecular flexibility index (Phi) is 4.21. The van der Waals surface area contributed by atoms with Gasteiger partial charge in [0.1, 0.15) is 0 Å². The highest BCUT2D eigenvalue weighted by Crippen LogP contribution is 2.34. The third-order valence-corrected chi connectivity index (χ3v) is 6.11. The maximum absolute atomic E-state index is 12.4. The van der Waals surface area contributed by atoms with Gasteiger partial charge in [0.25, 0.3) is 5.56 Å². The lowest BCUT2D eigenvalue weighted by atomic mass is 9.92. The molecule has 0 atom stereocenters. The normalized spacial score (nSPS) is 14.1. The number of pyridine rings is 1. The second kappa shape index (κ2) is 7.23. The number of nitrogens with zero attached hydrogens (tertiary/aromatic N) is 6. The third kappa shape index (κ3) is 3.01.